The summed E-state index contributed by atoms with van der Waals surface area (Å²) in [6.45, 7) is 15.1. The Hall–Kier alpha value is -1.12. The zero-order valence-electron chi connectivity index (χ0n) is 30.5. The summed E-state index contributed by atoms with van der Waals surface area (Å²) in [5.74, 6) is 0.249. The molecule has 4 aromatic heterocycles. The molecular formula is C28H42N8O8S10Si. The van der Waals surface area contributed by atoms with Crippen molar-refractivity contribution in [2.24, 2.45) is 5.92 Å². The first kappa shape index (κ1) is 46.6. The third kappa shape index (κ3) is 11.3. The normalized spacial score (nSPS) is 24.9. The van der Waals surface area contributed by atoms with Crippen molar-refractivity contribution in [1.29, 1.82) is 0 Å². The maximum atomic E-state index is 12.0. The minimum absolute atomic E-state index is 0.0978. The smallest absolute Gasteiger partial charge is 0.278 e. The number of imidazole rings is 2. The Bertz CT molecular complexity index is 2390. The number of rotatable bonds is 6. The van der Waals surface area contributed by atoms with Crippen LogP contribution in [0.25, 0.3) is 22.3 Å². The fourth-order valence-corrected chi connectivity index (χ4v) is 23.3. The van der Waals surface area contributed by atoms with E-state index in [2.05, 4.69) is 100.0 Å². The van der Waals surface area contributed by atoms with Gasteiger partial charge in [0.15, 0.2) is 43.1 Å². The Morgan fingerprint density at radius 3 is 1.73 bits per heavy atom. The summed E-state index contributed by atoms with van der Waals surface area (Å²) in [6.07, 6.45) is 1.85. The molecule has 0 aromatic carbocycles. The Morgan fingerprint density at radius 1 is 0.818 bits per heavy atom. The lowest BCUT2D eigenvalue weighted by Gasteiger charge is -2.40. The van der Waals surface area contributed by atoms with E-state index in [4.69, 9.17) is 19.0 Å². The molecule has 0 amide bonds. The van der Waals surface area contributed by atoms with E-state index in [0.717, 1.165) is 6.42 Å². The third-order valence-electron chi connectivity index (χ3n) is 9.33. The van der Waals surface area contributed by atoms with E-state index < -0.39 is 45.0 Å². The summed E-state index contributed by atoms with van der Waals surface area (Å²) in [6, 6.07) is 0. The number of aliphatic hydroxyl groups excluding tert-OH is 3. The quantitative estimate of drug-likeness (QED) is 0.172. The number of fused-ring (bicyclic) bond motifs is 2. The average Bonchev–Trinajstić information content (AvgIpc) is 3.91. The van der Waals surface area contributed by atoms with Crippen LogP contribution in [-0.4, -0.2) is 99.8 Å². The van der Waals surface area contributed by atoms with Crippen LogP contribution >= 0.6 is 0 Å². The van der Waals surface area contributed by atoms with E-state index in [-0.39, 0.29) is 46.1 Å². The molecule has 27 heteroatoms. The van der Waals surface area contributed by atoms with Crippen LogP contribution < -0.4 is 11.1 Å². The van der Waals surface area contributed by atoms with E-state index in [1.165, 1.54) is 41.3 Å². The first-order valence-corrected chi connectivity index (χ1v) is 31.4. The second-order valence-corrected chi connectivity index (χ2v) is 32.5. The first-order chi connectivity index (χ1) is 26.1. The average molecular weight is 967 g/mol. The molecule has 0 saturated carbocycles. The molecular weight excluding hydrogens is 925 g/mol. The molecule has 6 rings (SSSR count). The predicted molar refractivity (Wildman–Crippen MR) is 238 cm³/mol. The second kappa shape index (κ2) is 21.2. The molecule has 6 heterocycles. The second-order valence-electron chi connectivity index (χ2n) is 13.6. The number of H-pyrrole nitrogens is 2. The summed E-state index contributed by atoms with van der Waals surface area (Å²) in [5.41, 5.74) is 0.560. The van der Waals surface area contributed by atoms with Gasteiger partial charge in [-0.05, 0) is 24.6 Å². The van der Waals surface area contributed by atoms with Gasteiger partial charge in [0.1, 0.15) is 18.3 Å². The molecule has 0 radical (unpaired) electrons. The highest BCUT2D eigenvalue weighted by Crippen LogP contribution is 2.44. The van der Waals surface area contributed by atoms with E-state index in [1.54, 1.807) is 59.6 Å². The Kier molecular flexibility index (Phi) is 18.0. The van der Waals surface area contributed by atoms with Gasteiger partial charge in [-0.25, -0.2) is 19.9 Å². The maximum absolute atomic E-state index is 12.0. The largest absolute Gasteiger partial charge is 0.409 e. The monoisotopic (exact) mass is 966 g/mol. The van der Waals surface area contributed by atoms with Crippen molar-refractivity contribution in [3.63, 3.8) is 0 Å². The van der Waals surface area contributed by atoms with Crippen molar-refractivity contribution in [1.82, 2.24) is 39.0 Å². The zero-order valence-corrected chi connectivity index (χ0v) is 39.7. The van der Waals surface area contributed by atoms with Gasteiger partial charge in [0.05, 0.1) is 44.1 Å². The summed E-state index contributed by atoms with van der Waals surface area (Å²) in [5, 5.41) is 28.7. The first-order valence-electron chi connectivity index (χ1n) is 16.5. The maximum Gasteiger partial charge on any atom is 0.278 e. The fraction of sp³-hybridized carbons (Fsp3) is 0.643. The van der Waals surface area contributed by atoms with Crippen LogP contribution in [0.4, 0.5) is 0 Å². The third-order valence-corrected chi connectivity index (χ3v) is 29.4. The van der Waals surface area contributed by atoms with Crippen LogP contribution in [0.1, 0.15) is 53.5 Å². The minimum Gasteiger partial charge on any atom is -0.409 e. The number of hydrogen-bond donors (Lipinski definition) is 5. The fourth-order valence-electron chi connectivity index (χ4n) is 5.50. The molecule has 2 aliphatic heterocycles. The number of hydrogen-bond acceptors (Lipinski definition) is 14. The van der Waals surface area contributed by atoms with Gasteiger partial charge in [-0.3, -0.25) is 18.7 Å². The Morgan fingerprint density at radius 2 is 1.29 bits per heavy atom. The van der Waals surface area contributed by atoms with Gasteiger partial charge < -0.3 is 39.2 Å². The Balaban J connectivity index is 0.000000203. The summed E-state index contributed by atoms with van der Waals surface area (Å²) >= 11 is 9.31. The predicted octanol–water partition coefficient (Wildman–Crippen LogP) is 1.16. The number of ether oxygens (including phenoxy) is 2. The van der Waals surface area contributed by atoms with Crippen molar-refractivity contribution in [2.45, 2.75) is 102 Å². The van der Waals surface area contributed by atoms with Crippen LogP contribution in [0.15, 0.2) is 34.9 Å². The molecule has 16 nitrogen and oxygen atoms in total. The summed E-state index contributed by atoms with van der Waals surface area (Å²) in [7, 11) is 10.7. The molecule has 2 fully saturated rings. The van der Waals surface area contributed by atoms with Gasteiger partial charge >= 0.3 is 0 Å². The van der Waals surface area contributed by atoms with E-state index in [9.17, 15) is 19.8 Å². The van der Waals surface area contributed by atoms with E-state index >= 15 is 0 Å². The van der Waals surface area contributed by atoms with E-state index in [0.29, 0.717) is 11.2 Å². The van der Waals surface area contributed by atoms with Crippen LogP contribution in [0, 0.1) is 5.92 Å². The van der Waals surface area contributed by atoms with Gasteiger partial charge in [0.2, 0.25) is 0 Å². The van der Waals surface area contributed by atoms with Gasteiger partial charge in [-0.15, -0.1) is 0 Å². The topological polar surface area (TPSA) is 216 Å². The van der Waals surface area contributed by atoms with Crippen LogP contribution in [-0.2, 0) is 107 Å². The minimum atomic E-state index is -1.99. The zero-order chi connectivity index (χ0) is 40.5. The highest BCUT2D eigenvalue weighted by molar-refractivity contribution is 8.73. The highest BCUT2D eigenvalue weighted by atomic mass is 33.4. The van der Waals surface area contributed by atoms with Gasteiger partial charge in [-0.1, -0.05) is 34.6 Å². The Labute approximate surface area is 350 Å². The molecule has 55 heavy (non-hydrogen) atoms. The molecule has 306 valence electrons. The number of nitrogens with one attached hydrogen (secondary N) is 2. The molecule has 0 bridgehead atoms. The molecule has 2 saturated heterocycles. The summed E-state index contributed by atoms with van der Waals surface area (Å²) < 4.78 is 21.7. The van der Waals surface area contributed by atoms with Gasteiger partial charge in [0, 0.05) is 99.3 Å². The lowest BCUT2D eigenvalue weighted by molar-refractivity contribution is -0.0511. The molecule has 0 spiro atoms. The number of aromatic nitrogens is 8. The molecule has 8 atom stereocenters. The highest BCUT2D eigenvalue weighted by Gasteiger charge is 2.49. The molecule has 0 aliphatic carbocycles. The van der Waals surface area contributed by atoms with Crippen LogP contribution in [0.2, 0.25) is 18.1 Å². The lowest BCUT2D eigenvalue weighted by atomic mass is 9.99. The molecule has 2 aliphatic rings. The van der Waals surface area contributed by atoms with Crippen molar-refractivity contribution >= 4 is 124 Å². The van der Waals surface area contributed by atoms with Gasteiger partial charge in [0.25, 0.3) is 11.1 Å². The van der Waals surface area contributed by atoms with Crippen molar-refractivity contribution < 1.29 is 29.2 Å². The van der Waals surface area contributed by atoms with Gasteiger partial charge in [-0.2, -0.15) is 0 Å². The molecule has 0 unspecified atom stereocenters. The van der Waals surface area contributed by atoms with E-state index in [1.807, 2.05) is 4.57 Å². The number of aliphatic hydroxyl groups is 3. The lowest BCUT2D eigenvalue weighted by Crippen LogP contribution is -2.46. The number of aromatic amines is 2. The molecule has 4 aromatic rings. The van der Waals surface area contributed by atoms with Crippen molar-refractivity contribution in [2.75, 3.05) is 6.61 Å². The van der Waals surface area contributed by atoms with Crippen LogP contribution in [0.3, 0.4) is 0 Å². The standard InChI is InChI=1S/C18H30N4O3Si.C10H12N4O5.S10/c1-8-12-11(2)14(25-26(6,7)18(3,4)5)17(24-12)22-10-21-13-15(22)19-9-20-16(13)23;15-1-4-6(16)7(17)10(19-4)14-3-13-5-8(14)11-2-12-9(5)18;1-3-5-7-9-10-8-6-4-2/h9-12,14,17H,8H2,1-7H3,(H,19,20,23);2-4,6-7,10,15-17H,1H2,(H,11,12,18);/t11-,12-,14-,17-;4-,6-,7-,10-;/m11./s1. The summed E-state index contributed by atoms with van der Waals surface area (Å²) in [4.78, 5) is 44.9. The van der Waals surface area contributed by atoms with Crippen molar-refractivity contribution in [3.8, 4) is 0 Å². The number of nitrogens with zero attached hydrogens (tertiary/aromatic N) is 6. The SMILES string of the molecule is CC[C@H]1O[C@@H](n2cnc3c(=O)[nH]cnc32)[C@H](O[Si](C)(C)C(C)(C)C)[C@@H]1C.O=c1[nH]cnc2c1ncn2[C@@H]1O[C@H](CO)[C@@H](O)[C@H]1O.S=S=S=S=S=S=S=S=S=S. The molecule has 5 N–H and O–H groups in total. The van der Waals surface area contributed by atoms with Crippen molar-refractivity contribution in [3.05, 3.63) is 46.0 Å². The van der Waals surface area contributed by atoms with Crippen LogP contribution in [0.5, 0.6) is 0 Å².